The molecular weight excluding hydrogens is 328 g/mol. The van der Waals surface area contributed by atoms with Gasteiger partial charge < -0.3 is 4.74 Å². The fraction of sp³-hybridized carbons (Fsp3) is 0.476. The maximum absolute atomic E-state index is 5.86. The van der Waals surface area contributed by atoms with Crippen LogP contribution >= 0.6 is 11.8 Å². The lowest BCUT2D eigenvalue weighted by atomic mass is 10.2. The number of hydrogen-bond donors (Lipinski definition) is 0. The van der Waals surface area contributed by atoms with Gasteiger partial charge in [-0.15, -0.1) is 0 Å². The summed E-state index contributed by atoms with van der Waals surface area (Å²) in [5, 5.41) is 0. The quantitative estimate of drug-likeness (QED) is 0.588. The third-order valence-corrected chi connectivity index (χ3v) is 4.49. The zero-order chi connectivity index (χ0) is 18.1. The van der Waals surface area contributed by atoms with Crippen LogP contribution < -0.4 is 4.74 Å². The molecule has 1 aromatic carbocycles. The fourth-order valence-corrected chi connectivity index (χ4v) is 3.22. The molecule has 0 saturated carbocycles. The van der Waals surface area contributed by atoms with E-state index in [1.54, 1.807) is 0 Å². The zero-order valence-corrected chi connectivity index (χ0v) is 16.7. The molecule has 0 unspecified atom stereocenters. The first-order valence-electron chi connectivity index (χ1n) is 8.94. The Kier molecular flexibility index (Phi) is 7.79. The second-order valence-corrected chi connectivity index (χ2v) is 8.49. The minimum absolute atomic E-state index is 0.195. The predicted octanol–water partition coefficient (Wildman–Crippen LogP) is 5.01. The molecule has 2 aromatic rings. The maximum Gasteiger partial charge on any atom is 0.138 e. The van der Waals surface area contributed by atoms with Crippen LogP contribution in [0.25, 0.3) is 0 Å². The molecule has 2 rings (SSSR count). The first-order chi connectivity index (χ1) is 12.0. The van der Waals surface area contributed by atoms with Gasteiger partial charge in [-0.3, -0.25) is 9.88 Å². The van der Waals surface area contributed by atoms with Crippen LogP contribution in [0.5, 0.6) is 5.75 Å². The predicted molar refractivity (Wildman–Crippen MR) is 108 cm³/mol. The highest BCUT2D eigenvalue weighted by molar-refractivity contribution is 7.99. The number of hydrogen-bond acceptors (Lipinski definition) is 4. The minimum atomic E-state index is -0.195. The molecule has 0 aliphatic rings. The van der Waals surface area contributed by atoms with Crippen molar-refractivity contribution in [2.45, 2.75) is 46.4 Å². The molecule has 4 heteroatoms. The van der Waals surface area contributed by atoms with Crippen LogP contribution in [0.3, 0.4) is 0 Å². The standard InChI is InChI=1S/C21H30N2OS/c1-5-25-14-13-23(16-18-9-7-6-8-10-18)17-19-11-12-20(15-22-19)24-21(2,3)4/h6-12,15H,5,13-14,16-17H2,1-4H3. The van der Waals surface area contributed by atoms with Crippen LogP contribution in [0.4, 0.5) is 0 Å². The molecule has 0 saturated heterocycles. The van der Waals surface area contributed by atoms with Crippen LogP contribution in [0.15, 0.2) is 48.7 Å². The molecule has 0 aliphatic carbocycles. The van der Waals surface area contributed by atoms with Gasteiger partial charge >= 0.3 is 0 Å². The van der Waals surface area contributed by atoms with Crippen molar-refractivity contribution >= 4 is 11.8 Å². The van der Waals surface area contributed by atoms with Gasteiger partial charge in [0, 0.05) is 25.4 Å². The van der Waals surface area contributed by atoms with Gasteiger partial charge in [0.25, 0.3) is 0 Å². The molecule has 0 spiro atoms. The summed E-state index contributed by atoms with van der Waals surface area (Å²) in [5.41, 5.74) is 2.23. The van der Waals surface area contributed by atoms with Crippen LogP contribution in [-0.4, -0.2) is 33.5 Å². The lowest BCUT2D eigenvalue weighted by molar-refractivity contribution is 0.130. The van der Waals surface area contributed by atoms with Crippen molar-refractivity contribution in [3.8, 4) is 5.75 Å². The van der Waals surface area contributed by atoms with E-state index in [0.717, 1.165) is 42.6 Å². The number of pyridine rings is 1. The van der Waals surface area contributed by atoms with E-state index in [1.165, 1.54) is 5.56 Å². The van der Waals surface area contributed by atoms with Crippen molar-refractivity contribution < 1.29 is 4.74 Å². The molecule has 0 atom stereocenters. The number of nitrogens with zero attached hydrogens (tertiary/aromatic N) is 2. The zero-order valence-electron chi connectivity index (χ0n) is 15.9. The van der Waals surface area contributed by atoms with Crippen LogP contribution in [0.2, 0.25) is 0 Å². The van der Waals surface area contributed by atoms with E-state index in [4.69, 9.17) is 4.74 Å². The molecule has 3 nitrogen and oxygen atoms in total. The summed E-state index contributed by atoms with van der Waals surface area (Å²) < 4.78 is 5.86. The first kappa shape index (κ1) is 19.8. The molecule has 0 bridgehead atoms. The van der Waals surface area contributed by atoms with Crippen molar-refractivity contribution in [1.29, 1.82) is 0 Å². The van der Waals surface area contributed by atoms with Gasteiger partial charge in [-0.25, -0.2) is 0 Å². The highest BCUT2D eigenvalue weighted by Gasteiger charge is 2.13. The Morgan fingerprint density at radius 2 is 1.80 bits per heavy atom. The summed E-state index contributed by atoms with van der Waals surface area (Å²) in [6.07, 6.45) is 1.84. The molecular formula is C21H30N2OS. The summed E-state index contributed by atoms with van der Waals surface area (Å²) in [6, 6.07) is 14.7. The van der Waals surface area contributed by atoms with Crippen molar-refractivity contribution in [1.82, 2.24) is 9.88 Å². The van der Waals surface area contributed by atoms with Gasteiger partial charge in [0.05, 0.1) is 11.9 Å². The van der Waals surface area contributed by atoms with E-state index in [-0.39, 0.29) is 5.60 Å². The molecule has 1 heterocycles. The molecule has 1 aromatic heterocycles. The maximum atomic E-state index is 5.86. The van der Waals surface area contributed by atoms with Gasteiger partial charge in [-0.1, -0.05) is 37.3 Å². The van der Waals surface area contributed by atoms with Gasteiger partial charge in [-0.05, 0) is 44.2 Å². The Morgan fingerprint density at radius 1 is 1.04 bits per heavy atom. The third kappa shape index (κ3) is 7.93. The van der Waals surface area contributed by atoms with Gasteiger partial charge in [0.1, 0.15) is 11.4 Å². The van der Waals surface area contributed by atoms with E-state index in [1.807, 2.05) is 44.8 Å². The average molecular weight is 359 g/mol. The highest BCUT2D eigenvalue weighted by atomic mass is 32.2. The number of ether oxygens (including phenoxy) is 1. The first-order valence-corrected chi connectivity index (χ1v) is 10.1. The summed E-state index contributed by atoms with van der Waals surface area (Å²) in [4.78, 5) is 7.06. The molecule has 25 heavy (non-hydrogen) atoms. The fourth-order valence-electron chi connectivity index (χ4n) is 2.54. The highest BCUT2D eigenvalue weighted by Crippen LogP contribution is 2.18. The topological polar surface area (TPSA) is 25.4 Å². The average Bonchev–Trinajstić information content (AvgIpc) is 2.56. The molecule has 0 N–H and O–H groups in total. The smallest absolute Gasteiger partial charge is 0.138 e. The van der Waals surface area contributed by atoms with Crippen molar-refractivity contribution in [2.24, 2.45) is 0 Å². The Hall–Kier alpha value is -1.52. The number of thioether (sulfide) groups is 1. The third-order valence-electron chi connectivity index (χ3n) is 3.61. The second kappa shape index (κ2) is 9.83. The normalized spacial score (nSPS) is 11.7. The van der Waals surface area contributed by atoms with E-state index >= 15 is 0 Å². The SMILES string of the molecule is CCSCCN(Cc1ccccc1)Cc1ccc(OC(C)(C)C)cn1. The van der Waals surface area contributed by atoms with E-state index in [9.17, 15) is 0 Å². The Bertz CT molecular complexity index is 608. The summed E-state index contributed by atoms with van der Waals surface area (Å²) in [7, 11) is 0. The molecule has 0 aliphatic heterocycles. The summed E-state index contributed by atoms with van der Waals surface area (Å²) in [5.74, 6) is 3.14. The molecule has 0 amide bonds. The van der Waals surface area contributed by atoms with Crippen LogP contribution in [0, 0.1) is 0 Å². The van der Waals surface area contributed by atoms with E-state index < -0.39 is 0 Å². The van der Waals surface area contributed by atoms with Gasteiger partial charge in [-0.2, -0.15) is 11.8 Å². The van der Waals surface area contributed by atoms with Crippen molar-refractivity contribution in [3.05, 3.63) is 59.9 Å². The lowest BCUT2D eigenvalue weighted by Crippen LogP contribution is -2.26. The van der Waals surface area contributed by atoms with Gasteiger partial charge in [0.2, 0.25) is 0 Å². The molecule has 0 radical (unpaired) electrons. The summed E-state index contributed by atoms with van der Waals surface area (Å²) in [6.45, 7) is 11.2. The molecule has 136 valence electrons. The van der Waals surface area contributed by atoms with E-state index in [0.29, 0.717) is 0 Å². The Morgan fingerprint density at radius 3 is 2.40 bits per heavy atom. The summed E-state index contributed by atoms with van der Waals surface area (Å²) >= 11 is 1.98. The number of benzene rings is 1. The molecule has 0 fully saturated rings. The van der Waals surface area contributed by atoms with Crippen LogP contribution in [-0.2, 0) is 13.1 Å². The van der Waals surface area contributed by atoms with Gasteiger partial charge in [0.15, 0.2) is 0 Å². The van der Waals surface area contributed by atoms with Crippen LogP contribution in [0.1, 0.15) is 39.0 Å². The number of rotatable bonds is 9. The van der Waals surface area contributed by atoms with Crippen molar-refractivity contribution in [3.63, 3.8) is 0 Å². The Labute approximate surface area is 156 Å². The van der Waals surface area contributed by atoms with Crippen molar-refractivity contribution in [2.75, 3.05) is 18.1 Å². The largest absolute Gasteiger partial charge is 0.487 e. The minimum Gasteiger partial charge on any atom is -0.487 e. The second-order valence-electron chi connectivity index (χ2n) is 7.09. The Balaban J connectivity index is 1.99. The monoisotopic (exact) mass is 358 g/mol. The van der Waals surface area contributed by atoms with E-state index in [2.05, 4.69) is 53.2 Å². The number of aromatic nitrogens is 1. The lowest BCUT2D eigenvalue weighted by Gasteiger charge is -2.23.